The van der Waals surface area contributed by atoms with Gasteiger partial charge in [0, 0.05) is 23.5 Å². The predicted molar refractivity (Wildman–Crippen MR) is 65.0 cm³/mol. The van der Waals surface area contributed by atoms with Crippen molar-refractivity contribution in [3.8, 4) is 11.1 Å². The third kappa shape index (κ3) is 2.69. The summed E-state index contributed by atoms with van der Waals surface area (Å²) in [7, 11) is 0. The fourth-order valence-corrected chi connectivity index (χ4v) is 1.67. The van der Waals surface area contributed by atoms with Crippen molar-refractivity contribution in [2.24, 2.45) is 0 Å². The minimum atomic E-state index is -3.28. The van der Waals surface area contributed by atoms with Crippen LogP contribution >= 0.6 is 15.9 Å². The van der Waals surface area contributed by atoms with E-state index in [9.17, 15) is 13.2 Å². The van der Waals surface area contributed by atoms with Gasteiger partial charge in [-0.15, -0.1) is 0 Å². The fraction of sp³-hybridized carbons (Fsp3) is 0.167. The molecule has 2 nitrogen and oxygen atoms in total. The standard InChI is InChI=1S/C12H8BrF3N2/c1-7-2-3-9(10(14)4-7)8-5-17-11(18-6-8)12(13,15)16/h2-6H,1H3. The Morgan fingerprint density at radius 2 is 1.78 bits per heavy atom. The van der Waals surface area contributed by atoms with Gasteiger partial charge in [0.2, 0.25) is 5.82 Å². The maximum atomic E-state index is 13.7. The topological polar surface area (TPSA) is 25.8 Å². The highest BCUT2D eigenvalue weighted by atomic mass is 79.9. The van der Waals surface area contributed by atoms with Crippen LogP contribution in [0, 0.1) is 12.7 Å². The van der Waals surface area contributed by atoms with Crippen molar-refractivity contribution in [2.75, 3.05) is 0 Å². The summed E-state index contributed by atoms with van der Waals surface area (Å²) >= 11 is 2.16. The zero-order valence-corrected chi connectivity index (χ0v) is 10.9. The number of rotatable bonds is 2. The van der Waals surface area contributed by atoms with Gasteiger partial charge in [-0.3, -0.25) is 0 Å². The second-order valence-corrected chi connectivity index (χ2v) is 4.77. The first-order chi connectivity index (χ1) is 8.38. The number of nitrogens with zero attached hydrogens (tertiary/aromatic N) is 2. The zero-order valence-electron chi connectivity index (χ0n) is 9.29. The van der Waals surface area contributed by atoms with Gasteiger partial charge >= 0.3 is 4.83 Å². The maximum Gasteiger partial charge on any atom is 0.359 e. The Morgan fingerprint density at radius 3 is 2.28 bits per heavy atom. The molecule has 0 aliphatic heterocycles. The molecule has 0 spiro atoms. The molecular formula is C12H8BrF3N2. The first-order valence-corrected chi connectivity index (χ1v) is 5.83. The Kier molecular flexibility index (Phi) is 3.38. The van der Waals surface area contributed by atoms with Gasteiger partial charge in [-0.2, -0.15) is 8.78 Å². The molecule has 2 aromatic rings. The molecule has 6 heteroatoms. The SMILES string of the molecule is Cc1ccc(-c2cnc(C(F)(F)Br)nc2)c(F)c1. The van der Waals surface area contributed by atoms with Crippen LogP contribution in [-0.4, -0.2) is 9.97 Å². The quantitative estimate of drug-likeness (QED) is 0.782. The number of benzene rings is 1. The van der Waals surface area contributed by atoms with Crippen molar-refractivity contribution in [3.05, 3.63) is 47.8 Å². The van der Waals surface area contributed by atoms with Crippen LogP contribution < -0.4 is 0 Å². The molecule has 0 amide bonds. The molecule has 0 radical (unpaired) electrons. The predicted octanol–water partition coefficient (Wildman–Crippen LogP) is 4.04. The molecule has 0 saturated heterocycles. The van der Waals surface area contributed by atoms with Crippen molar-refractivity contribution < 1.29 is 13.2 Å². The van der Waals surface area contributed by atoms with E-state index in [0.717, 1.165) is 5.56 Å². The van der Waals surface area contributed by atoms with E-state index in [1.165, 1.54) is 18.5 Å². The van der Waals surface area contributed by atoms with Gasteiger partial charge in [0.15, 0.2) is 0 Å². The summed E-state index contributed by atoms with van der Waals surface area (Å²) < 4.78 is 39.3. The summed E-state index contributed by atoms with van der Waals surface area (Å²) in [6.07, 6.45) is 2.34. The molecule has 0 N–H and O–H groups in total. The number of aryl methyl sites for hydroxylation is 1. The number of aromatic nitrogens is 2. The Hall–Kier alpha value is -1.43. The molecule has 0 aliphatic rings. The van der Waals surface area contributed by atoms with Crippen LogP contribution in [0.4, 0.5) is 13.2 Å². The molecule has 1 aromatic carbocycles. The van der Waals surface area contributed by atoms with Gasteiger partial charge in [0.25, 0.3) is 0 Å². The van der Waals surface area contributed by atoms with Gasteiger partial charge in [-0.05, 0) is 34.5 Å². The van der Waals surface area contributed by atoms with Gasteiger partial charge < -0.3 is 0 Å². The zero-order chi connectivity index (χ0) is 13.3. The molecule has 0 bridgehead atoms. The van der Waals surface area contributed by atoms with Gasteiger partial charge in [0.1, 0.15) is 5.82 Å². The Bertz CT molecular complexity index is 565. The molecule has 2 rings (SSSR count). The number of hydrogen-bond donors (Lipinski definition) is 0. The van der Waals surface area contributed by atoms with E-state index in [2.05, 4.69) is 25.9 Å². The van der Waals surface area contributed by atoms with Crippen LogP contribution in [0.2, 0.25) is 0 Å². The van der Waals surface area contributed by atoms with E-state index in [-0.39, 0.29) is 5.56 Å². The number of alkyl halides is 3. The lowest BCUT2D eigenvalue weighted by atomic mass is 10.1. The van der Waals surface area contributed by atoms with Crippen molar-refractivity contribution in [1.29, 1.82) is 0 Å². The Morgan fingerprint density at radius 1 is 1.17 bits per heavy atom. The van der Waals surface area contributed by atoms with E-state index >= 15 is 0 Å². The van der Waals surface area contributed by atoms with Crippen LogP contribution in [0.15, 0.2) is 30.6 Å². The summed E-state index contributed by atoms with van der Waals surface area (Å²) in [6.45, 7) is 1.76. The highest BCUT2D eigenvalue weighted by Crippen LogP contribution is 2.32. The summed E-state index contributed by atoms with van der Waals surface area (Å²) in [5.41, 5.74) is 1.42. The monoisotopic (exact) mass is 316 g/mol. The molecule has 0 saturated carbocycles. The molecule has 1 heterocycles. The fourth-order valence-electron chi connectivity index (χ4n) is 1.47. The van der Waals surface area contributed by atoms with Crippen LogP contribution in [0.5, 0.6) is 0 Å². The van der Waals surface area contributed by atoms with Crippen LogP contribution in [0.1, 0.15) is 11.4 Å². The van der Waals surface area contributed by atoms with Gasteiger partial charge in [-0.25, -0.2) is 14.4 Å². The molecule has 1 aromatic heterocycles. The van der Waals surface area contributed by atoms with E-state index < -0.39 is 16.5 Å². The summed E-state index contributed by atoms with van der Waals surface area (Å²) in [6, 6.07) is 4.66. The van der Waals surface area contributed by atoms with Crippen LogP contribution in [0.25, 0.3) is 11.1 Å². The number of halogens is 4. The number of hydrogen-bond acceptors (Lipinski definition) is 2. The molecular weight excluding hydrogens is 309 g/mol. The smallest absolute Gasteiger partial charge is 0.234 e. The van der Waals surface area contributed by atoms with E-state index in [1.54, 1.807) is 19.1 Å². The summed E-state index contributed by atoms with van der Waals surface area (Å²) in [5, 5.41) is 0. The molecule has 94 valence electrons. The minimum Gasteiger partial charge on any atom is -0.234 e. The van der Waals surface area contributed by atoms with Crippen molar-refractivity contribution in [3.63, 3.8) is 0 Å². The van der Waals surface area contributed by atoms with Crippen LogP contribution in [-0.2, 0) is 4.83 Å². The van der Waals surface area contributed by atoms with E-state index in [0.29, 0.717) is 5.56 Å². The average Bonchev–Trinajstić information content (AvgIpc) is 2.28. The maximum absolute atomic E-state index is 13.7. The first kappa shape index (κ1) is 13.0. The molecule has 0 unspecified atom stereocenters. The second-order valence-electron chi connectivity index (χ2n) is 3.78. The third-order valence-corrected chi connectivity index (χ3v) is 2.70. The lowest BCUT2D eigenvalue weighted by molar-refractivity contribution is 0.104. The highest BCUT2D eigenvalue weighted by Gasteiger charge is 2.30. The van der Waals surface area contributed by atoms with Crippen molar-refractivity contribution in [2.45, 2.75) is 11.8 Å². The van der Waals surface area contributed by atoms with Crippen molar-refractivity contribution in [1.82, 2.24) is 9.97 Å². The summed E-state index contributed by atoms with van der Waals surface area (Å²) in [5.74, 6) is -1.09. The van der Waals surface area contributed by atoms with Gasteiger partial charge in [-0.1, -0.05) is 12.1 Å². The Balaban J connectivity index is 2.41. The Labute approximate surface area is 110 Å². The van der Waals surface area contributed by atoms with Crippen LogP contribution in [0.3, 0.4) is 0 Å². The third-order valence-electron chi connectivity index (χ3n) is 2.34. The minimum absolute atomic E-state index is 0.282. The molecule has 0 fully saturated rings. The molecule has 0 atom stereocenters. The normalized spacial score (nSPS) is 11.6. The second kappa shape index (κ2) is 4.68. The van der Waals surface area contributed by atoms with Crippen molar-refractivity contribution >= 4 is 15.9 Å². The lowest BCUT2D eigenvalue weighted by Gasteiger charge is -2.08. The molecule has 0 aliphatic carbocycles. The highest BCUT2D eigenvalue weighted by molar-refractivity contribution is 9.09. The average molecular weight is 317 g/mol. The molecule has 18 heavy (non-hydrogen) atoms. The summed E-state index contributed by atoms with van der Waals surface area (Å²) in [4.78, 5) is 3.75. The van der Waals surface area contributed by atoms with E-state index in [4.69, 9.17) is 0 Å². The first-order valence-electron chi connectivity index (χ1n) is 5.03. The van der Waals surface area contributed by atoms with E-state index in [1.807, 2.05) is 0 Å². The van der Waals surface area contributed by atoms with Gasteiger partial charge in [0.05, 0.1) is 0 Å². The largest absolute Gasteiger partial charge is 0.359 e. The lowest BCUT2D eigenvalue weighted by Crippen LogP contribution is -2.08.